The molecule has 2 aromatic rings. The van der Waals surface area contributed by atoms with Gasteiger partial charge in [-0.1, -0.05) is 11.6 Å². The van der Waals surface area contributed by atoms with Gasteiger partial charge in [-0.05, 0) is 29.8 Å². The monoisotopic (exact) mass is 400 g/mol. The second kappa shape index (κ2) is 8.15. The topological polar surface area (TPSA) is 106 Å². The van der Waals surface area contributed by atoms with Gasteiger partial charge in [0.1, 0.15) is 16.4 Å². The number of ether oxygens (including phenoxy) is 3. The fourth-order valence-electron chi connectivity index (χ4n) is 2.04. The lowest BCUT2D eigenvalue weighted by Gasteiger charge is -2.10. The van der Waals surface area contributed by atoms with E-state index in [1.165, 1.54) is 51.8 Å². The van der Waals surface area contributed by atoms with E-state index in [0.717, 1.165) is 0 Å². The molecule has 140 valence electrons. The maximum atomic E-state index is 12.5. The Bertz CT molecular complexity index is 931. The SMILES string of the molecule is COc1ccc(OC)c(S(=O)(=O)N/N=C/c2cc(Cl)c(O)c(OC)c2)c1. The van der Waals surface area contributed by atoms with E-state index >= 15 is 0 Å². The zero-order valence-corrected chi connectivity index (χ0v) is 15.8. The van der Waals surface area contributed by atoms with Crippen molar-refractivity contribution in [2.24, 2.45) is 5.10 Å². The number of hydrogen-bond donors (Lipinski definition) is 2. The smallest absolute Gasteiger partial charge is 0.280 e. The number of phenols is 1. The number of nitrogens with one attached hydrogen (secondary N) is 1. The van der Waals surface area contributed by atoms with Crippen LogP contribution in [0.4, 0.5) is 0 Å². The molecule has 0 saturated carbocycles. The Labute approximate surface area is 156 Å². The Balaban J connectivity index is 2.28. The summed E-state index contributed by atoms with van der Waals surface area (Å²) < 4.78 is 40.0. The first-order valence-electron chi connectivity index (χ1n) is 7.15. The third-order valence-corrected chi connectivity index (χ3v) is 4.85. The van der Waals surface area contributed by atoms with Crippen molar-refractivity contribution in [3.63, 3.8) is 0 Å². The number of rotatable bonds is 7. The molecule has 0 fully saturated rings. The van der Waals surface area contributed by atoms with E-state index in [1.54, 1.807) is 6.07 Å². The van der Waals surface area contributed by atoms with Crippen LogP contribution in [-0.2, 0) is 10.0 Å². The first-order chi connectivity index (χ1) is 12.3. The minimum atomic E-state index is -4.01. The second-order valence-electron chi connectivity index (χ2n) is 4.92. The van der Waals surface area contributed by atoms with Gasteiger partial charge in [0.15, 0.2) is 11.5 Å². The maximum Gasteiger partial charge on any atom is 0.280 e. The number of halogens is 1. The molecule has 8 nitrogen and oxygen atoms in total. The van der Waals surface area contributed by atoms with Crippen LogP contribution in [0.1, 0.15) is 5.56 Å². The molecular weight excluding hydrogens is 384 g/mol. The highest BCUT2D eigenvalue weighted by molar-refractivity contribution is 7.89. The van der Waals surface area contributed by atoms with Gasteiger partial charge in [-0.15, -0.1) is 0 Å². The molecule has 0 aromatic heterocycles. The number of methoxy groups -OCH3 is 3. The lowest BCUT2D eigenvalue weighted by atomic mass is 10.2. The van der Waals surface area contributed by atoms with E-state index in [0.29, 0.717) is 11.3 Å². The van der Waals surface area contributed by atoms with Gasteiger partial charge in [0.25, 0.3) is 10.0 Å². The Morgan fingerprint density at radius 3 is 2.38 bits per heavy atom. The number of nitrogens with zero attached hydrogens (tertiary/aromatic N) is 1. The van der Waals surface area contributed by atoms with Gasteiger partial charge >= 0.3 is 0 Å². The second-order valence-corrected chi connectivity index (χ2v) is 6.96. The molecule has 0 atom stereocenters. The average molecular weight is 401 g/mol. The van der Waals surface area contributed by atoms with Crippen molar-refractivity contribution in [1.82, 2.24) is 4.83 Å². The number of hydrazone groups is 1. The van der Waals surface area contributed by atoms with Crippen LogP contribution in [0.15, 0.2) is 40.3 Å². The van der Waals surface area contributed by atoms with Crippen molar-refractivity contribution in [3.05, 3.63) is 40.9 Å². The first-order valence-corrected chi connectivity index (χ1v) is 9.02. The van der Waals surface area contributed by atoms with Gasteiger partial charge < -0.3 is 19.3 Å². The van der Waals surface area contributed by atoms with Gasteiger partial charge in [-0.2, -0.15) is 18.4 Å². The fraction of sp³-hybridized carbons (Fsp3) is 0.188. The van der Waals surface area contributed by atoms with Crippen LogP contribution in [0.2, 0.25) is 5.02 Å². The van der Waals surface area contributed by atoms with E-state index < -0.39 is 10.0 Å². The summed E-state index contributed by atoms with van der Waals surface area (Å²) in [5.41, 5.74) is 0.421. The van der Waals surface area contributed by atoms with Crippen molar-refractivity contribution in [3.8, 4) is 23.0 Å². The van der Waals surface area contributed by atoms with Crippen molar-refractivity contribution in [1.29, 1.82) is 0 Å². The highest BCUT2D eigenvalue weighted by Gasteiger charge is 2.20. The third-order valence-electron chi connectivity index (χ3n) is 3.32. The van der Waals surface area contributed by atoms with Crippen molar-refractivity contribution in [2.45, 2.75) is 4.90 Å². The largest absolute Gasteiger partial charge is 0.503 e. The van der Waals surface area contributed by atoms with Crippen molar-refractivity contribution >= 4 is 27.8 Å². The quantitative estimate of drug-likeness (QED) is 0.546. The Morgan fingerprint density at radius 1 is 1.08 bits per heavy atom. The first kappa shape index (κ1) is 19.7. The average Bonchev–Trinajstić information content (AvgIpc) is 2.63. The molecule has 0 aliphatic carbocycles. The van der Waals surface area contributed by atoms with Crippen LogP contribution < -0.4 is 19.0 Å². The molecule has 0 bridgehead atoms. The molecule has 26 heavy (non-hydrogen) atoms. The molecule has 0 heterocycles. The number of aromatic hydroxyl groups is 1. The van der Waals surface area contributed by atoms with Crippen LogP contribution in [-0.4, -0.2) is 41.1 Å². The molecule has 0 saturated heterocycles. The fourth-order valence-corrected chi connectivity index (χ4v) is 3.23. The predicted molar refractivity (Wildman–Crippen MR) is 97.1 cm³/mol. The Kier molecular flexibility index (Phi) is 6.17. The number of benzene rings is 2. The molecule has 2 aromatic carbocycles. The Morgan fingerprint density at radius 2 is 1.77 bits per heavy atom. The van der Waals surface area contributed by atoms with Crippen LogP contribution in [0, 0.1) is 0 Å². The summed E-state index contributed by atoms with van der Waals surface area (Å²) in [6.45, 7) is 0. The Hall–Kier alpha value is -2.65. The number of hydrogen-bond acceptors (Lipinski definition) is 7. The van der Waals surface area contributed by atoms with Crippen molar-refractivity contribution < 1.29 is 27.7 Å². The van der Waals surface area contributed by atoms with E-state index in [4.69, 9.17) is 25.8 Å². The highest BCUT2D eigenvalue weighted by atomic mass is 35.5. The van der Waals surface area contributed by atoms with Gasteiger partial charge in [-0.3, -0.25) is 0 Å². The molecule has 0 aliphatic heterocycles. The lowest BCUT2D eigenvalue weighted by molar-refractivity contribution is 0.373. The standard InChI is InChI=1S/C16H17ClN2O6S/c1-23-11-4-5-13(24-2)15(8-11)26(21,22)19-18-9-10-6-12(17)16(20)14(7-10)25-3/h4-9,19-20H,1-3H3/b18-9+. The minimum Gasteiger partial charge on any atom is -0.503 e. The van der Waals surface area contributed by atoms with Gasteiger partial charge in [0.2, 0.25) is 0 Å². The normalized spacial score (nSPS) is 11.4. The van der Waals surface area contributed by atoms with Gasteiger partial charge in [-0.25, -0.2) is 0 Å². The molecule has 0 unspecified atom stereocenters. The molecular formula is C16H17ClN2O6S. The molecule has 0 aliphatic rings. The molecule has 2 N–H and O–H groups in total. The summed E-state index contributed by atoms with van der Waals surface area (Å²) in [5, 5.41) is 13.4. The molecule has 0 amide bonds. The zero-order valence-electron chi connectivity index (χ0n) is 14.2. The van der Waals surface area contributed by atoms with Crippen LogP contribution >= 0.6 is 11.6 Å². The molecule has 2 rings (SSSR count). The van der Waals surface area contributed by atoms with Gasteiger partial charge in [0, 0.05) is 6.07 Å². The highest BCUT2D eigenvalue weighted by Crippen LogP contribution is 2.34. The zero-order chi connectivity index (χ0) is 19.3. The van der Waals surface area contributed by atoms with E-state index in [9.17, 15) is 13.5 Å². The summed E-state index contributed by atoms with van der Waals surface area (Å²) in [5.74, 6) is 0.414. The van der Waals surface area contributed by atoms with Gasteiger partial charge in [0.05, 0.1) is 32.6 Å². The minimum absolute atomic E-state index is 0.0446. The summed E-state index contributed by atoms with van der Waals surface area (Å²) in [6, 6.07) is 7.22. The van der Waals surface area contributed by atoms with Crippen LogP contribution in [0.3, 0.4) is 0 Å². The summed E-state index contributed by atoms with van der Waals surface area (Å²) in [6.07, 6.45) is 1.22. The number of phenolic OH excluding ortho intramolecular Hbond substituents is 1. The van der Waals surface area contributed by atoms with Crippen molar-refractivity contribution in [2.75, 3.05) is 21.3 Å². The van der Waals surface area contributed by atoms with Crippen LogP contribution in [0.25, 0.3) is 0 Å². The maximum absolute atomic E-state index is 12.5. The van der Waals surface area contributed by atoms with Crippen LogP contribution in [0.5, 0.6) is 23.0 Å². The predicted octanol–water partition coefficient (Wildman–Crippen LogP) is 2.38. The number of sulfonamides is 1. The summed E-state index contributed by atoms with van der Waals surface area (Å²) >= 11 is 5.87. The van der Waals surface area contributed by atoms with E-state index in [1.807, 2.05) is 0 Å². The van der Waals surface area contributed by atoms with E-state index in [2.05, 4.69) is 9.93 Å². The molecule has 0 spiro atoms. The molecule has 0 radical (unpaired) electrons. The summed E-state index contributed by atoms with van der Waals surface area (Å²) in [4.78, 5) is 1.95. The lowest BCUT2D eigenvalue weighted by Crippen LogP contribution is -2.19. The van der Waals surface area contributed by atoms with E-state index in [-0.39, 0.29) is 27.2 Å². The summed E-state index contributed by atoms with van der Waals surface area (Å²) in [7, 11) is 0.137. The third kappa shape index (κ3) is 4.30. The molecule has 10 heteroatoms.